The summed E-state index contributed by atoms with van der Waals surface area (Å²) in [7, 11) is -3.88. The Balaban J connectivity index is 3.65. The van der Waals surface area contributed by atoms with E-state index in [1.54, 1.807) is 0 Å². The predicted molar refractivity (Wildman–Crippen MR) is 52.9 cm³/mol. The van der Waals surface area contributed by atoms with E-state index < -0.39 is 10.0 Å². The third kappa shape index (κ3) is 2.12. The maximum atomic E-state index is 11.1. The van der Waals surface area contributed by atoms with Gasteiger partial charge in [0.2, 0.25) is 10.0 Å². The summed E-state index contributed by atoms with van der Waals surface area (Å²) >= 11 is 5.66. The van der Waals surface area contributed by atoms with Crippen LogP contribution >= 0.6 is 11.6 Å². The Morgan fingerprint density at radius 1 is 1.43 bits per heavy atom. The lowest BCUT2D eigenvalue weighted by molar-refractivity contribution is 0.112. The third-order valence-corrected chi connectivity index (χ3v) is 3.02. The zero-order chi connectivity index (χ0) is 10.9. The predicted octanol–water partition coefficient (Wildman–Crippen LogP) is 1.11. The number of benzene rings is 1. The lowest BCUT2D eigenvalue weighted by atomic mass is 10.1. The number of rotatable bonds is 2. The fourth-order valence-electron chi connectivity index (χ4n) is 1.23. The van der Waals surface area contributed by atoms with Crippen molar-refractivity contribution < 1.29 is 13.2 Å². The minimum absolute atomic E-state index is 0.0162. The number of sulfonamides is 1. The van der Waals surface area contributed by atoms with Crippen LogP contribution in [0.15, 0.2) is 17.0 Å². The largest absolute Gasteiger partial charge is 0.298 e. The first-order valence-electron chi connectivity index (χ1n) is 3.64. The van der Waals surface area contributed by atoms with Crippen LogP contribution in [0.4, 0.5) is 0 Å². The minimum atomic E-state index is -3.88. The molecule has 0 amide bonds. The summed E-state index contributed by atoms with van der Waals surface area (Å²) in [4.78, 5) is 10.4. The fraction of sp³-hybridized carbons (Fsp3) is 0.125. The highest BCUT2D eigenvalue weighted by Gasteiger charge is 2.17. The van der Waals surface area contributed by atoms with Crippen LogP contribution in [0.25, 0.3) is 0 Å². The van der Waals surface area contributed by atoms with Crippen molar-refractivity contribution in [3.8, 4) is 0 Å². The van der Waals surface area contributed by atoms with E-state index in [1.165, 1.54) is 19.1 Å². The SMILES string of the molecule is Cc1cc(Cl)cc(C=O)c1S(N)(=O)=O. The molecule has 0 atom stereocenters. The summed E-state index contributed by atoms with van der Waals surface area (Å²) in [5.41, 5.74) is 0.347. The number of carbonyl (C=O) groups is 1. The van der Waals surface area contributed by atoms with Gasteiger partial charge in [-0.3, -0.25) is 4.79 Å². The molecule has 1 rings (SSSR count). The first kappa shape index (κ1) is 11.2. The average Bonchev–Trinajstić information content (AvgIpc) is 1.99. The van der Waals surface area contributed by atoms with Crippen molar-refractivity contribution in [1.82, 2.24) is 0 Å². The minimum Gasteiger partial charge on any atom is -0.298 e. The van der Waals surface area contributed by atoms with Crippen molar-refractivity contribution in [2.75, 3.05) is 0 Å². The van der Waals surface area contributed by atoms with Gasteiger partial charge in [0.1, 0.15) is 0 Å². The second-order valence-corrected chi connectivity index (χ2v) is 4.74. The van der Waals surface area contributed by atoms with Crippen LogP contribution in [-0.4, -0.2) is 14.7 Å². The van der Waals surface area contributed by atoms with Crippen molar-refractivity contribution in [1.29, 1.82) is 0 Å². The summed E-state index contributed by atoms with van der Waals surface area (Å²) < 4.78 is 22.2. The highest BCUT2D eigenvalue weighted by Crippen LogP contribution is 2.22. The number of carbonyl (C=O) groups excluding carboxylic acids is 1. The Labute approximate surface area is 86.7 Å². The normalized spacial score (nSPS) is 11.4. The van der Waals surface area contributed by atoms with Gasteiger partial charge in [-0.05, 0) is 24.6 Å². The number of hydrogen-bond donors (Lipinski definition) is 1. The lowest BCUT2D eigenvalue weighted by Gasteiger charge is -2.06. The Morgan fingerprint density at radius 3 is 2.43 bits per heavy atom. The topological polar surface area (TPSA) is 77.2 Å². The number of primary sulfonamides is 1. The van der Waals surface area contributed by atoms with E-state index >= 15 is 0 Å². The molecule has 1 aromatic carbocycles. The summed E-state index contributed by atoms with van der Waals surface area (Å²) in [5.74, 6) is 0. The van der Waals surface area contributed by atoms with Crippen LogP contribution < -0.4 is 5.14 Å². The van der Waals surface area contributed by atoms with Crippen LogP contribution in [0.2, 0.25) is 5.02 Å². The molecule has 4 nitrogen and oxygen atoms in total. The molecule has 0 aromatic heterocycles. The van der Waals surface area contributed by atoms with Crippen molar-refractivity contribution in [2.45, 2.75) is 11.8 Å². The summed E-state index contributed by atoms with van der Waals surface area (Å²) in [6.45, 7) is 1.53. The molecule has 0 spiro atoms. The molecule has 0 radical (unpaired) electrons. The van der Waals surface area contributed by atoms with Gasteiger partial charge < -0.3 is 0 Å². The Kier molecular flexibility index (Phi) is 2.94. The Bertz CT molecular complexity index is 482. The smallest absolute Gasteiger partial charge is 0.239 e. The van der Waals surface area contributed by atoms with Gasteiger partial charge >= 0.3 is 0 Å². The van der Waals surface area contributed by atoms with E-state index in [9.17, 15) is 13.2 Å². The second kappa shape index (κ2) is 3.68. The molecule has 1 aromatic rings. The average molecular weight is 234 g/mol. The van der Waals surface area contributed by atoms with Crippen molar-refractivity contribution >= 4 is 27.9 Å². The Morgan fingerprint density at radius 2 is 2.00 bits per heavy atom. The fourth-order valence-corrected chi connectivity index (χ4v) is 2.46. The zero-order valence-corrected chi connectivity index (χ0v) is 8.89. The molecule has 0 saturated heterocycles. The molecule has 0 aliphatic carbocycles. The van der Waals surface area contributed by atoms with Gasteiger partial charge in [0, 0.05) is 10.6 Å². The number of halogens is 1. The van der Waals surface area contributed by atoms with Gasteiger partial charge in [-0.15, -0.1) is 0 Å². The summed E-state index contributed by atoms with van der Waals surface area (Å²) in [6.07, 6.45) is 0.415. The van der Waals surface area contributed by atoms with Crippen LogP contribution in [0.1, 0.15) is 15.9 Å². The molecule has 0 fully saturated rings. The standard InChI is InChI=1S/C8H8ClNO3S/c1-5-2-7(9)3-6(4-11)8(5)14(10,12)13/h2-4H,1H3,(H2,10,12,13). The molecule has 0 heterocycles. The van der Waals surface area contributed by atoms with E-state index in [0.29, 0.717) is 16.9 Å². The molecule has 0 saturated carbocycles. The monoisotopic (exact) mass is 233 g/mol. The number of aryl methyl sites for hydroxylation is 1. The molecule has 2 N–H and O–H groups in total. The Hall–Kier alpha value is -0.910. The number of hydrogen-bond acceptors (Lipinski definition) is 3. The first-order valence-corrected chi connectivity index (χ1v) is 5.57. The molecule has 76 valence electrons. The summed E-state index contributed by atoms with van der Waals surface area (Å²) in [6, 6.07) is 2.70. The molecule has 0 bridgehead atoms. The van der Waals surface area contributed by atoms with Crippen LogP contribution in [0, 0.1) is 6.92 Å². The van der Waals surface area contributed by atoms with Gasteiger partial charge in [0.25, 0.3) is 0 Å². The zero-order valence-electron chi connectivity index (χ0n) is 7.32. The molecule has 0 aliphatic heterocycles. The van der Waals surface area contributed by atoms with Crippen LogP contribution in [0.3, 0.4) is 0 Å². The second-order valence-electron chi connectivity index (χ2n) is 2.80. The highest BCUT2D eigenvalue weighted by molar-refractivity contribution is 7.89. The van der Waals surface area contributed by atoms with E-state index in [0.717, 1.165) is 0 Å². The molecular weight excluding hydrogens is 226 g/mol. The van der Waals surface area contributed by atoms with Gasteiger partial charge in [0.15, 0.2) is 6.29 Å². The summed E-state index contributed by atoms with van der Waals surface area (Å²) in [5, 5.41) is 5.26. The first-order chi connectivity index (χ1) is 6.36. The lowest BCUT2D eigenvalue weighted by Crippen LogP contribution is -2.16. The third-order valence-electron chi connectivity index (χ3n) is 1.68. The van der Waals surface area contributed by atoms with Crippen molar-refractivity contribution in [3.05, 3.63) is 28.3 Å². The maximum absolute atomic E-state index is 11.1. The quantitative estimate of drug-likeness (QED) is 0.778. The van der Waals surface area contributed by atoms with E-state index in [2.05, 4.69) is 0 Å². The van der Waals surface area contributed by atoms with Gasteiger partial charge in [-0.1, -0.05) is 11.6 Å². The van der Waals surface area contributed by atoms with E-state index in [4.69, 9.17) is 16.7 Å². The van der Waals surface area contributed by atoms with Crippen LogP contribution in [0.5, 0.6) is 0 Å². The van der Waals surface area contributed by atoms with E-state index in [-0.39, 0.29) is 10.5 Å². The number of nitrogens with two attached hydrogens (primary N) is 1. The molecule has 6 heteroatoms. The van der Waals surface area contributed by atoms with Gasteiger partial charge in [-0.25, -0.2) is 13.6 Å². The van der Waals surface area contributed by atoms with Crippen molar-refractivity contribution in [2.24, 2.45) is 5.14 Å². The maximum Gasteiger partial charge on any atom is 0.239 e. The molecule has 14 heavy (non-hydrogen) atoms. The van der Waals surface area contributed by atoms with Gasteiger partial charge in [-0.2, -0.15) is 0 Å². The number of aldehydes is 1. The molecular formula is C8H8ClNO3S. The van der Waals surface area contributed by atoms with Crippen LogP contribution in [-0.2, 0) is 10.0 Å². The molecule has 0 aliphatic rings. The van der Waals surface area contributed by atoms with Crippen molar-refractivity contribution in [3.63, 3.8) is 0 Å². The molecule has 0 unspecified atom stereocenters. The van der Waals surface area contributed by atoms with E-state index in [1.807, 2.05) is 0 Å². The van der Waals surface area contributed by atoms with Gasteiger partial charge in [0.05, 0.1) is 4.90 Å². The highest BCUT2D eigenvalue weighted by atomic mass is 35.5.